The van der Waals surface area contributed by atoms with E-state index in [1.54, 1.807) is 4.68 Å². The summed E-state index contributed by atoms with van der Waals surface area (Å²) >= 11 is 1.32. The number of carbonyl (C=O) groups is 1. The quantitative estimate of drug-likeness (QED) is 0.656. The van der Waals surface area contributed by atoms with Gasteiger partial charge in [0.1, 0.15) is 0 Å². The molecule has 2 aromatic carbocycles. The van der Waals surface area contributed by atoms with Crippen molar-refractivity contribution in [2.75, 3.05) is 11.1 Å². The fraction of sp³-hybridized carbons (Fsp3) is 0.300. The molecular formula is C20H23N5OS. The van der Waals surface area contributed by atoms with Crippen molar-refractivity contribution in [1.82, 2.24) is 20.2 Å². The second kappa shape index (κ2) is 8.35. The minimum absolute atomic E-state index is 0.0702. The molecule has 0 spiro atoms. The summed E-state index contributed by atoms with van der Waals surface area (Å²) in [5.41, 5.74) is 6.28. The van der Waals surface area contributed by atoms with Crippen LogP contribution in [-0.4, -0.2) is 31.9 Å². The largest absolute Gasteiger partial charge is 0.325 e. The Morgan fingerprint density at radius 1 is 1.15 bits per heavy atom. The number of hydrogen-bond donors (Lipinski definition) is 1. The molecule has 6 nitrogen and oxygen atoms in total. The van der Waals surface area contributed by atoms with Crippen molar-refractivity contribution in [2.24, 2.45) is 0 Å². The van der Waals surface area contributed by atoms with Gasteiger partial charge in [0.25, 0.3) is 0 Å². The van der Waals surface area contributed by atoms with Gasteiger partial charge in [0, 0.05) is 5.69 Å². The summed E-state index contributed by atoms with van der Waals surface area (Å²) in [4.78, 5) is 12.5. The predicted molar refractivity (Wildman–Crippen MR) is 109 cm³/mol. The van der Waals surface area contributed by atoms with Crippen LogP contribution in [0.5, 0.6) is 0 Å². The number of carbonyl (C=O) groups excluding carboxylic acids is 1. The lowest BCUT2D eigenvalue weighted by atomic mass is 10.1. The Morgan fingerprint density at radius 2 is 1.96 bits per heavy atom. The Kier molecular flexibility index (Phi) is 5.91. The van der Waals surface area contributed by atoms with Gasteiger partial charge < -0.3 is 5.32 Å². The SMILES string of the molecule is CCc1cccc(C)c1NC(=O)CSc1nnnn1-c1ccc(C)cc1C. The average molecular weight is 382 g/mol. The maximum absolute atomic E-state index is 12.5. The van der Waals surface area contributed by atoms with E-state index in [1.165, 1.54) is 17.3 Å². The van der Waals surface area contributed by atoms with Gasteiger partial charge >= 0.3 is 0 Å². The van der Waals surface area contributed by atoms with E-state index in [9.17, 15) is 4.79 Å². The van der Waals surface area contributed by atoms with E-state index in [2.05, 4.69) is 33.8 Å². The van der Waals surface area contributed by atoms with Crippen LogP contribution in [0, 0.1) is 20.8 Å². The molecule has 0 fully saturated rings. The summed E-state index contributed by atoms with van der Waals surface area (Å²) in [7, 11) is 0. The van der Waals surface area contributed by atoms with Gasteiger partial charge in [-0.15, -0.1) is 5.10 Å². The molecule has 3 aromatic rings. The van der Waals surface area contributed by atoms with Gasteiger partial charge in [-0.2, -0.15) is 4.68 Å². The van der Waals surface area contributed by atoms with Crippen molar-refractivity contribution >= 4 is 23.4 Å². The highest BCUT2D eigenvalue weighted by atomic mass is 32.2. The number of nitrogens with zero attached hydrogens (tertiary/aromatic N) is 4. The van der Waals surface area contributed by atoms with Crippen molar-refractivity contribution in [2.45, 2.75) is 39.3 Å². The minimum Gasteiger partial charge on any atom is -0.325 e. The first-order chi connectivity index (χ1) is 13.0. The molecule has 0 saturated carbocycles. The third kappa shape index (κ3) is 4.36. The summed E-state index contributed by atoms with van der Waals surface area (Å²) in [6, 6.07) is 12.2. The maximum atomic E-state index is 12.5. The lowest BCUT2D eigenvalue weighted by Crippen LogP contribution is -2.16. The van der Waals surface area contributed by atoms with Crippen LogP contribution >= 0.6 is 11.8 Å². The fourth-order valence-electron chi connectivity index (χ4n) is 2.97. The molecule has 0 aliphatic heterocycles. The molecule has 7 heteroatoms. The van der Waals surface area contributed by atoms with E-state index in [4.69, 9.17) is 0 Å². The summed E-state index contributed by atoms with van der Waals surface area (Å²) in [6.45, 7) is 8.15. The van der Waals surface area contributed by atoms with E-state index in [0.29, 0.717) is 5.16 Å². The molecule has 1 N–H and O–H groups in total. The van der Waals surface area contributed by atoms with Crippen molar-refractivity contribution < 1.29 is 4.79 Å². The number of rotatable bonds is 6. The van der Waals surface area contributed by atoms with E-state index in [-0.39, 0.29) is 11.7 Å². The first kappa shape index (κ1) is 19.1. The monoisotopic (exact) mass is 381 g/mol. The predicted octanol–water partition coefficient (Wildman–Crippen LogP) is 3.88. The second-order valence-electron chi connectivity index (χ2n) is 6.46. The molecule has 27 heavy (non-hydrogen) atoms. The third-order valence-corrected chi connectivity index (χ3v) is 5.28. The van der Waals surface area contributed by atoms with Crippen molar-refractivity contribution in [1.29, 1.82) is 0 Å². The van der Waals surface area contributed by atoms with E-state index >= 15 is 0 Å². The molecular weight excluding hydrogens is 358 g/mol. The van der Waals surface area contributed by atoms with Crippen molar-refractivity contribution in [3.63, 3.8) is 0 Å². The molecule has 0 aliphatic carbocycles. The molecule has 0 atom stereocenters. The number of aromatic nitrogens is 4. The molecule has 0 aliphatic rings. The number of benzene rings is 2. The zero-order valence-corrected chi connectivity index (χ0v) is 16.8. The molecule has 3 rings (SSSR count). The Bertz CT molecular complexity index is 967. The number of para-hydroxylation sites is 1. The highest BCUT2D eigenvalue weighted by molar-refractivity contribution is 7.99. The van der Waals surface area contributed by atoms with Crippen LogP contribution in [-0.2, 0) is 11.2 Å². The van der Waals surface area contributed by atoms with E-state index < -0.39 is 0 Å². The summed E-state index contributed by atoms with van der Waals surface area (Å²) < 4.78 is 1.68. The highest BCUT2D eigenvalue weighted by Gasteiger charge is 2.14. The van der Waals surface area contributed by atoms with Gasteiger partial charge in [0.2, 0.25) is 11.1 Å². The Labute approximate surface area is 163 Å². The minimum atomic E-state index is -0.0702. The topological polar surface area (TPSA) is 72.7 Å². The summed E-state index contributed by atoms with van der Waals surface area (Å²) in [6.07, 6.45) is 0.870. The lowest BCUT2D eigenvalue weighted by molar-refractivity contribution is -0.113. The smallest absolute Gasteiger partial charge is 0.234 e. The molecule has 0 saturated heterocycles. The van der Waals surface area contributed by atoms with Gasteiger partial charge in [0.15, 0.2) is 0 Å². The van der Waals surface area contributed by atoms with Crippen LogP contribution in [0.2, 0.25) is 0 Å². The number of aryl methyl sites for hydroxylation is 4. The lowest BCUT2D eigenvalue weighted by Gasteiger charge is -2.13. The normalized spacial score (nSPS) is 10.8. The molecule has 1 amide bonds. The number of anilines is 1. The van der Waals surface area contributed by atoms with Crippen molar-refractivity contribution in [3.8, 4) is 5.69 Å². The number of thioether (sulfide) groups is 1. The van der Waals surface area contributed by atoms with E-state index in [0.717, 1.165) is 34.5 Å². The van der Waals surface area contributed by atoms with Gasteiger partial charge in [-0.3, -0.25) is 4.79 Å². The zero-order chi connectivity index (χ0) is 19.4. The number of nitrogens with one attached hydrogen (secondary N) is 1. The molecule has 0 radical (unpaired) electrons. The summed E-state index contributed by atoms with van der Waals surface area (Å²) in [5.74, 6) is 0.169. The molecule has 0 bridgehead atoms. The molecule has 0 unspecified atom stereocenters. The molecule has 1 aromatic heterocycles. The average Bonchev–Trinajstić information content (AvgIpc) is 3.10. The highest BCUT2D eigenvalue weighted by Crippen LogP contribution is 2.24. The Balaban J connectivity index is 1.72. The zero-order valence-electron chi connectivity index (χ0n) is 16.0. The van der Waals surface area contributed by atoms with Gasteiger partial charge in [-0.25, -0.2) is 0 Å². The van der Waals surface area contributed by atoms with Crippen LogP contribution in [0.25, 0.3) is 5.69 Å². The van der Waals surface area contributed by atoms with Crippen LogP contribution in [0.1, 0.15) is 29.2 Å². The van der Waals surface area contributed by atoms with Crippen LogP contribution in [0.4, 0.5) is 5.69 Å². The Morgan fingerprint density at radius 3 is 2.70 bits per heavy atom. The van der Waals surface area contributed by atoms with Gasteiger partial charge in [-0.1, -0.05) is 54.6 Å². The Hall–Kier alpha value is -2.67. The first-order valence-electron chi connectivity index (χ1n) is 8.86. The first-order valence-corrected chi connectivity index (χ1v) is 9.85. The van der Waals surface area contributed by atoms with Gasteiger partial charge in [-0.05, 0) is 60.4 Å². The maximum Gasteiger partial charge on any atom is 0.234 e. The van der Waals surface area contributed by atoms with Crippen molar-refractivity contribution in [3.05, 3.63) is 58.7 Å². The van der Waals surface area contributed by atoms with Crippen LogP contribution in [0.15, 0.2) is 41.6 Å². The van der Waals surface area contributed by atoms with Crippen LogP contribution in [0.3, 0.4) is 0 Å². The second-order valence-corrected chi connectivity index (χ2v) is 7.41. The number of tetrazole rings is 1. The number of amides is 1. The van der Waals surface area contributed by atoms with E-state index in [1.807, 2.05) is 51.1 Å². The van der Waals surface area contributed by atoms with Gasteiger partial charge in [0.05, 0.1) is 11.4 Å². The summed E-state index contributed by atoms with van der Waals surface area (Å²) in [5, 5.41) is 15.6. The fourth-order valence-corrected chi connectivity index (χ4v) is 3.65. The number of hydrogen-bond acceptors (Lipinski definition) is 5. The molecule has 1 heterocycles. The standard InChI is InChI=1S/C20H23N5OS/c1-5-16-8-6-7-14(3)19(16)21-18(26)12-27-20-22-23-24-25(20)17-10-9-13(2)11-15(17)4/h6-11H,5,12H2,1-4H3,(H,21,26). The molecule has 140 valence electrons. The third-order valence-electron chi connectivity index (χ3n) is 4.36. The van der Waals surface area contributed by atoms with Crippen LogP contribution < -0.4 is 5.32 Å².